The molecule has 44 heavy (non-hydrogen) atoms. The Kier molecular flexibility index (Phi) is 7.89. The SMILES string of the molecule is CCOC(=O)c1nc(-c2ccc(C(F)(F)F)c3[nH]ccc23)oc1-c1ccc(N2CCN(C(=O)OC(C)(C)C)C(C)(C)C2)cc1. The lowest BCUT2D eigenvalue weighted by Gasteiger charge is -2.47. The van der Waals surface area contributed by atoms with E-state index in [1.807, 2.05) is 46.8 Å². The fourth-order valence-electron chi connectivity index (χ4n) is 5.40. The van der Waals surface area contributed by atoms with E-state index in [9.17, 15) is 22.8 Å². The van der Waals surface area contributed by atoms with E-state index in [1.54, 1.807) is 24.0 Å². The minimum absolute atomic E-state index is 0.00883. The highest BCUT2D eigenvalue weighted by atomic mass is 19.4. The van der Waals surface area contributed by atoms with Crippen LogP contribution in [-0.4, -0.2) is 64.3 Å². The van der Waals surface area contributed by atoms with Crippen LogP contribution in [0.5, 0.6) is 0 Å². The summed E-state index contributed by atoms with van der Waals surface area (Å²) in [6.45, 7) is 12.9. The number of hydrogen-bond donors (Lipinski definition) is 1. The van der Waals surface area contributed by atoms with Gasteiger partial charge in [-0.3, -0.25) is 4.90 Å². The van der Waals surface area contributed by atoms with Crippen molar-refractivity contribution in [2.24, 2.45) is 0 Å². The first kappa shape index (κ1) is 31.0. The van der Waals surface area contributed by atoms with Crippen molar-refractivity contribution in [1.82, 2.24) is 14.9 Å². The van der Waals surface area contributed by atoms with E-state index in [0.717, 1.165) is 11.8 Å². The number of oxazole rings is 1. The lowest BCUT2D eigenvalue weighted by Crippen LogP contribution is -2.61. The van der Waals surface area contributed by atoms with Crippen molar-refractivity contribution in [2.45, 2.75) is 58.9 Å². The zero-order chi connectivity index (χ0) is 32.0. The number of nitrogens with zero attached hydrogens (tertiary/aromatic N) is 3. The topological polar surface area (TPSA) is 101 Å². The summed E-state index contributed by atoms with van der Waals surface area (Å²) in [6, 6.07) is 11.1. The molecule has 2 aromatic carbocycles. The van der Waals surface area contributed by atoms with Gasteiger partial charge in [-0.15, -0.1) is 0 Å². The molecule has 1 N–H and O–H groups in total. The van der Waals surface area contributed by atoms with Crippen LogP contribution in [0.1, 0.15) is 57.6 Å². The number of benzene rings is 2. The first-order valence-electron chi connectivity index (χ1n) is 14.3. The summed E-state index contributed by atoms with van der Waals surface area (Å²) in [7, 11) is 0. The van der Waals surface area contributed by atoms with E-state index in [0.29, 0.717) is 30.8 Å². The van der Waals surface area contributed by atoms with Gasteiger partial charge in [0.2, 0.25) is 5.89 Å². The van der Waals surface area contributed by atoms with Crippen molar-refractivity contribution in [1.29, 1.82) is 0 Å². The number of fused-ring (bicyclic) bond motifs is 1. The number of piperazine rings is 1. The van der Waals surface area contributed by atoms with E-state index in [2.05, 4.69) is 14.9 Å². The molecule has 2 aromatic heterocycles. The fourth-order valence-corrected chi connectivity index (χ4v) is 5.40. The molecule has 0 aliphatic carbocycles. The van der Waals surface area contributed by atoms with Gasteiger partial charge < -0.3 is 23.8 Å². The number of ether oxygens (including phenoxy) is 2. The lowest BCUT2D eigenvalue weighted by atomic mass is 9.98. The average Bonchev–Trinajstić information content (AvgIpc) is 3.59. The number of esters is 1. The summed E-state index contributed by atoms with van der Waals surface area (Å²) in [5.41, 5.74) is -0.349. The van der Waals surface area contributed by atoms with Crippen LogP contribution in [0, 0.1) is 0 Å². The quantitative estimate of drug-likeness (QED) is 0.233. The first-order valence-corrected chi connectivity index (χ1v) is 14.3. The molecule has 0 spiro atoms. The molecule has 1 saturated heterocycles. The smallest absolute Gasteiger partial charge is 0.418 e. The van der Waals surface area contributed by atoms with E-state index < -0.39 is 28.8 Å². The number of anilines is 1. The molecular weight excluding hydrogens is 577 g/mol. The van der Waals surface area contributed by atoms with E-state index >= 15 is 0 Å². The number of alkyl halides is 3. The van der Waals surface area contributed by atoms with E-state index in [1.165, 1.54) is 18.3 Å². The van der Waals surface area contributed by atoms with Crippen LogP contribution in [0.3, 0.4) is 0 Å². The molecule has 0 radical (unpaired) electrons. The molecule has 0 bridgehead atoms. The summed E-state index contributed by atoms with van der Waals surface area (Å²) < 4.78 is 57.6. The van der Waals surface area contributed by atoms with E-state index in [4.69, 9.17) is 13.9 Å². The van der Waals surface area contributed by atoms with Gasteiger partial charge in [-0.2, -0.15) is 13.2 Å². The molecule has 0 atom stereocenters. The molecule has 9 nitrogen and oxygen atoms in total. The van der Waals surface area contributed by atoms with Gasteiger partial charge in [-0.1, -0.05) is 0 Å². The Labute approximate surface area is 252 Å². The molecule has 1 aliphatic heterocycles. The molecule has 3 heterocycles. The number of nitrogens with one attached hydrogen (secondary N) is 1. The van der Waals surface area contributed by atoms with Crippen molar-refractivity contribution < 1.29 is 36.7 Å². The lowest BCUT2D eigenvalue weighted by molar-refractivity contribution is -0.136. The standard InChI is InChI=1S/C32H35F3N4O5/c1-7-42-28(40)25-26(43-27(37-25)22-12-13-23(32(33,34)35)24-21(22)14-15-36-24)19-8-10-20(11-9-19)38-16-17-39(31(5,6)18-38)29(41)44-30(2,3)4/h8-15,36H,7,16-18H2,1-6H3. The minimum atomic E-state index is -4.56. The number of aromatic nitrogens is 2. The van der Waals surface area contributed by atoms with Crippen LogP contribution in [0.25, 0.3) is 33.7 Å². The number of carbonyl (C=O) groups excluding carboxylic acids is 2. The van der Waals surface area contributed by atoms with Crippen molar-refractivity contribution in [2.75, 3.05) is 31.1 Å². The van der Waals surface area contributed by atoms with E-state index in [-0.39, 0.29) is 40.9 Å². The molecule has 1 aliphatic rings. The Hall–Kier alpha value is -4.48. The molecule has 4 aromatic rings. The molecule has 1 fully saturated rings. The predicted molar refractivity (Wildman–Crippen MR) is 159 cm³/mol. The fraction of sp³-hybridized carbons (Fsp3) is 0.406. The molecule has 0 saturated carbocycles. The predicted octanol–water partition coefficient (Wildman–Crippen LogP) is 7.52. The third-order valence-electron chi connectivity index (χ3n) is 7.37. The van der Waals surface area contributed by atoms with Gasteiger partial charge in [0.25, 0.3) is 0 Å². The van der Waals surface area contributed by atoms with Crippen molar-refractivity contribution in [3.63, 3.8) is 0 Å². The third-order valence-corrected chi connectivity index (χ3v) is 7.37. The van der Waals surface area contributed by atoms with Crippen molar-refractivity contribution in [3.8, 4) is 22.8 Å². The van der Waals surface area contributed by atoms with Crippen LogP contribution in [0.4, 0.5) is 23.7 Å². The van der Waals surface area contributed by atoms with Gasteiger partial charge in [0, 0.05) is 48.0 Å². The number of rotatable bonds is 5. The molecule has 234 valence electrons. The highest BCUT2D eigenvalue weighted by Gasteiger charge is 2.39. The van der Waals surface area contributed by atoms with Crippen LogP contribution in [0.15, 0.2) is 53.1 Å². The molecular formula is C32H35F3N4O5. The van der Waals surface area contributed by atoms with Gasteiger partial charge >= 0.3 is 18.2 Å². The zero-order valence-electron chi connectivity index (χ0n) is 25.5. The van der Waals surface area contributed by atoms with Gasteiger partial charge in [-0.05, 0) is 84.0 Å². The largest absolute Gasteiger partial charge is 0.461 e. The van der Waals surface area contributed by atoms with Gasteiger partial charge in [0.05, 0.1) is 23.2 Å². The second kappa shape index (κ2) is 11.2. The molecule has 0 unspecified atom stereocenters. The second-order valence-electron chi connectivity index (χ2n) is 12.3. The number of aromatic amines is 1. The van der Waals surface area contributed by atoms with Crippen LogP contribution in [0.2, 0.25) is 0 Å². The summed E-state index contributed by atoms with van der Waals surface area (Å²) in [6.07, 6.45) is -3.50. The van der Waals surface area contributed by atoms with Crippen LogP contribution < -0.4 is 4.90 Å². The Morgan fingerprint density at radius 2 is 1.75 bits per heavy atom. The Bertz CT molecular complexity index is 1680. The normalized spacial score (nSPS) is 15.5. The summed E-state index contributed by atoms with van der Waals surface area (Å²) in [4.78, 5) is 36.6. The van der Waals surface area contributed by atoms with Crippen LogP contribution in [-0.2, 0) is 15.7 Å². The summed E-state index contributed by atoms with van der Waals surface area (Å²) in [5.74, 6) is -0.576. The molecule has 12 heteroatoms. The number of H-pyrrole nitrogens is 1. The number of amides is 1. The Morgan fingerprint density at radius 1 is 1.05 bits per heavy atom. The van der Waals surface area contributed by atoms with Crippen molar-refractivity contribution in [3.05, 3.63) is 59.9 Å². The monoisotopic (exact) mass is 612 g/mol. The number of hydrogen-bond acceptors (Lipinski definition) is 7. The minimum Gasteiger partial charge on any atom is -0.461 e. The maximum atomic E-state index is 13.6. The molecule has 1 amide bonds. The third kappa shape index (κ3) is 6.11. The second-order valence-corrected chi connectivity index (χ2v) is 12.3. The Morgan fingerprint density at radius 3 is 2.36 bits per heavy atom. The maximum Gasteiger partial charge on any atom is 0.418 e. The average molecular weight is 613 g/mol. The van der Waals surface area contributed by atoms with Crippen LogP contribution >= 0.6 is 0 Å². The van der Waals surface area contributed by atoms with Gasteiger partial charge in [-0.25, -0.2) is 14.6 Å². The zero-order valence-corrected chi connectivity index (χ0v) is 25.5. The maximum absolute atomic E-state index is 13.6. The van der Waals surface area contributed by atoms with Gasteiger partial charge in [0.1, 0.15) is 5.60 Å². The number of carbonyl (C=O) groups is 2. The highest BCUT2D eigenvalue weighted by Crippen LogP contribution is 2.40. The number of halogens is 3. The Balaban J connectivity index is 1.45. The first-order chi connectivity index (χ1) is 20.6. The summed E-state index contributed by atoms with van der Waals surface area (Å²) in [5, 5.41) is 0.256. The van der Waals surface area contributed by atoms with Gasteiger partial charge in [0.15, 0.2) is 11.5 Å². The highest BCUT2D eigenvalue weighted by molar-refractivity contribution is 5.98. The summed E-state index contributed by atoms with van der Waals surface area (Å²) >= 11 is 0. The molecule has 5 rings (SSSR count). The van der Waals surface area contributed by atoms with Crippen molar-refractivity contribution >= 4 is 28.7 Å².